The summed E-state index contributed by atoms with van der Waals surface area (Å²) in [7, 11) is 6.56. The van der Waals surface area contributed by atoms with Crippen LogP contribution < -0.4 is 34.3 Å². The summed E-state index contributed by atoms with van der Waals surface area (Å²) < 4.78 is 27.2. The maximum absolute atomic E-state index is 5.80. The third kappa shape index (κ3) is 8.60. The Labute approximate surface area is 201 Å². The number of hydrogen-bond acceptors (Lipinski definition) is 6. The number of guanidine groups is 1. The zero-order valence-electron chi connectivity index (χ0n) is 18.7. The van der Waals surface area contributed by atoms with Crippen molar-refractivity contribution in [3.05, 3.63) is 36.4 Å². The van der Waals surface area contributed by atoms with Crippen LogP contribution in [0.15, 0.2) is 41.4 Å². The quantitative estimate of drug-likeness (QED) is 0.190. The Morgan fingerprint density at radius 3 is 2.13 bits per heavy atom. The molecule has 0 heterocycles. The smallest absolute Gasteiger partial charge is 0.195 e. The van der Waals surface area contributed by atoms with Gasteiger partial charge in [-0.05, 0) is 25.5 Å². The fourth-order valence-corrected chi connectivity index (χ4v) is 2.67. The second-order valence-corrected chi connectivity index (χ2v) is 6.17. The fraction of sp³-hybridized carbons (Fsp3) is 0.409. The van der Waals surface area contributed by atoms with Crippen LogP contribution in [0.25, 0.3) is 0 Å². The lowest BCUT2D eigenvalue weighted by molar-refractivity contribution is 0.305. The average molecular weight is 545 g/mol. The zero-order valence-corrected chi connectivity index (χ0v) is 21.0. The molecule has 8 nitrogen and oxygen atoms in total. The lowest BCUT2D eigenvalue weighted by atomic mass is 10.2. The largest absolute Gasteiger partial charge is 0.496 e. The van der Waals surface area contributed by atoms with Gasteiger partial charge in [0.25, 0.3) is 0 Å². The molecule has 0 aliphatic heterocycles. The van der Waals surface area contributed by atoms with Crippen molar-refractivity contribution in [2.75, 3.05) is 53.5 Å². The Morgan fingerprint density at radius 2 is 1.55 bits per heavy atom. The molecule has 0 aromatic heterocycles. The number of nitrogens with one attached hydrogen (secondary N) is 2. The molecule has 0 unspecified atom stereocenters. The van der Waals surface area contributed by atoms with Crippen molar-refractivity contribution in [1.29, 1.82) is 0 Å². The summed E-state index contributed by atoms with van der Waals surface area (Å²) in [5, 5.41) is 6.50. The number of halogens is 1. The van der Waals surface area contributed by atoms with Gasteiger partial charge in [0.15, 0.2) is 17.5 Å². The lowest BCUT2D eigenvalue weighted by Gasteiger charge is -2.15. The van der Waals surface area contributed by atoms with Crippen LogP contribution >= 0.6 is 24.0 Å². The van der Waals surface area contributed by atoms with Gasteiger partial charge in [-0.2, -0.15) is 0 Å². The van der Waals surface area contributed by atoms with Crippen LogP contribution in [0, 0.1) is 0 Å². The van der Waals surface area contributed by atoms with Crippen molar-refractivity contribution in [3.8, 4) is 28.7 Å². The normalized spacial score (nSPS) is 10.5. The van der Waals surface area contributed by atoms with E-state index in [9.17, 15) is 0 Å². The van der Waals surface area contributed by atoms with E-state index in [0.717, 1.165) is 12.1 Å². The van der Waals surface area contributed by atoms with Crippen molar-refractivity contribution in [2.24, 2.45) is 4.99 Å². The summed E-state index contributed by atoms with van der Waals surface area (Å²) >= 11 is 0. The SMILES string of the molecule is CCOc1ccc(NC(=NC)NCCCOc2cc(OC)cc(OC)c2)cc1OC.I. The van der Waals surface area contributed by atoms with Gasteiger partial charge in [0.05, 0.1) is 34.5 Å². The third-order valence-corrected chi connectivity index (χ3v) is 4.16. The lowest BCUT2D eigenvalue weighted by Crippen LogP contribution is -2.32. The van der Waals surface area contributed by atoms with Gasteiger partial charge in [-0.25, -0.2) is 0 Å². The first-order valence-electron chi connectivity index (χ1n) is 9.77. The highest BCUT2D eigenvalue weighted by Gasteiger charge is 2.07. The maximum atomic E-state index is 5.80. The van der Waals surface area contributed by atoms with E-state index in [2.05, 4.69) is 15.6 Å². The van der Waals surface area contributed by atoms with Gasteiger partial charge in [-0.3, -0.25) is 4.99 Å². The first-order chi connectivity index (χ1) is 14.6. The molecule has 172 valence electrons. The number of aliphatic imine (C=N–C) groups is 1. The number of methoxy groups -OCH3 is 3. The Kier molecular flexibility index (Phi) is 12.3. The Hall–Kier alpha value is -2.56. The van der Waals surface area contributed by atoms with E-state index in [1.807, 2.05) is 37.3 Å². The molecule has 0 aliphatic carbocycles. The number of ether oxygens (including phenoxy) is 5. The van der Waals surface area contributed by atoms with E-state index in [1.54, 1.807) is 34.4 Å². The number of nitrogens with zero attached hydrogens (tertiary/aromatic N) is 1. The molecule has 0 amide bonds. The predicted molar refractivity (Wildman–Crippen MR) is 134 cm³/mol. The molecular weight excluding hydrogens is 513 g/mol. The molecule has 31 heavy (non-hydrogen) atoms. The summed E-state index contributed by atoms with van der Waals surface area (Å²) in [4.78, 5) is 4.25. The van der Waals surface area contributed by atoms with E-state index in [-0.39, 0.29) is 24.0 Å². The molecule has 2 aromatic carbocycles. The van der Waals surface area contributed by atoms with Crippen molar-refractivity contribution in [3.63, 3.8) is 0 Å². The molecule has 0 aliphatic rings. The standard InChI is InChI=1S/C22H31N3O5.HI/c1-6-29-20-9-8-16(12-21(20)28-5)25-22(23-2)24-10-7-11-30-19-14-17(26-3)13-18(15-19)27-4;/h8-9,12-15H,6-7,10-11H2,1-5H3,(H2,23,24,25);1H. The fourth-order valence-electron chi connectivity index (χ4n) is 2.67. The molecule has 0 atom stereocenters. The van der Waals surface area contributed by atoms with Crippen molar-refractivity contribution in [2.45, 2.75) is 13.3 Å². The summed E-state index contributed by atoms with van der Waals surface area (Å²) in [6.07, 6.45) is 0.785. The molecule has 2 N–H and O–H groups in total. The molecule has 0 spiro atoms. The van der Waals surface area contributed by atoms with Gasteiger partial charge in [0.1, 0.15) is 17.2 Å². The van der Waals surface area contributed by atoms with Crippen LogP contribution in [0.2, 0.25) is 0 Å². The van der Waals surface area contributed by atoms with Crippen LogP contribution in [0.3, 0.4) is 0 Å². The predicted octanol–water partition coefficient (Wildman–Crippen LogP) is 4.19. The van der Waals surface area contributed by atoms with Crippen molar-refractivity contribution < 1.29 is 23.7 Å². The van der Waals surface area contributed by atoms with Gasteiger partial charge < -0.3 is 34.3 Å². The van der Waals surface area contributed by atoms with Crippen LogP contribution in [0.1, 0.15) is 13.3 Å². The van der Waals surface area contributed by atoms with Crippen LogP contribution in [-0.2, 0) is 0 Å². The first-order valence-corrected chi connectivity index (χ1v) is 9.77. The summed E-state index contributed by atoms with van der Waals surface area (Å²) in [5.74, 6) is 4.12. The number of anilines is 1. The molecule has 0 saturated carbocycles. The molecule has 9 heteroatoms. The zero-order chi connectivity index (χ0) is 21.8. The minimum absolute atomic E-state index is 0. The molecule has 2 aromatic rings. The van der Waals surface area contributed by atoms with E-state index in [4.69, 9.17) is 23.7 Å². The number of rotatable bonds is 11. The van der Waals surface area contributed by atoms with Gasteiger partial charge in [0.2, 0.25) is 0 Å². The van der Waals surface area contributed by atoms with E-state index >= 15 is 0 Å². The molecule has 0 radical (unpaired) electrons. The third-order valence-electron chi connectivity index (χ3n) is 4.16. The van der Waals surface area contributed by atoms with E-state index < -0.39 is 0 Å². The first kappa shape index (κ1) is 26.5. The Bertz CT molecular complexity index is 811. The number of hydrogen-bond donors (Lipinski definition) is 2. The Balaban J connectivity index is 0.00000480. The maximum Gasteiger partial charge on any atom is 0.195 e. The average Bonchev–Trinajstić information content (AvgIpc) is 2.78. The van der Waals surface area contributed by atoms with Gasteiger partial charge >= 0.3 is 0 Å². The second-order valence-electron chi connectivity index (χ2n) is 6.17. The van der Waals surface area contributed by atoms with Crippen LogP contribution in [0.4, 0.5) is 5.69 Å². The van der Waals surface area contributed by atoms with Crippen LogP contribution in [-0.4, -0.2) is 54.1 Å². The molecule has 0 bridgehead atoms. The van der Waals surface area contributed by atoms with E-state index in [0.29, 0.717) is 54.5 Å². The topological polar surface area (TPSA) is 82.6 Å². The highest BCUT2D eigenvalue weighted by Crippen LogP contribution is 2.30. The minimum Gasteiger partial charge on any atom is -0.496 e. The second kappa shape index (κ2) is 14.4. The van der Waals surface area contributed by atoms with Crippen molar-refractivity contribution in [1.82, 2.24) is 5.32 Å². The molecular formula is C22H32IN3O5. The molecule has 0 saturated heterocycles. The molecule has 2 rings (SSSR count). The van der Waals surface area contributed by atoms with E-state index in [1.165, 1.54) is 0 Å². The van der Waals surface area contributed by atoms with Crippen LogP contribution in [0.5, 0.6) is 28.7 Å². The minimum atomic E-state index is 0. The molecule has 0 fully saturated rings. The highest BCUT2D eigenvalue weighted by atomic mass is 127. The monoisotopic (exact) mass is 545 g/mol. The van der Waals surface area contributed by atoms with Gasteiger partial charge in [0, 0.05) is 43.5 Å². The highest BCUT2D eigenvalue weighted by molar-refractivity contribution is 14.0. The van der Waals surface area contributed by atoms with Crippen molar-refractivity contribution >= 4 is 35.6 Å². The summed E-state index contributed by atoms with van der Waals surface area (Å²) in [6, 6.07) is 11.1. The van der Waals surface area contributed by atoms with Gasteiger partial charge in [-0.15, -0.1) is 24.0 Å². The Morgan fingerprint density at radius 1 is 0.871 bits per heavy atom. The summed E-state index contributed by atoms with van der Waals surface area (Å²) in [6.45, 7) is 3.75. The van der Waals surface area contributed by atoms with Gasteiger partial charge in [-0.1, -0.05) is 0 Å². The summed E-state index contributed by atoms with van der Waals surface area (Å²) in [5.41, 5.74) is 0.850. The number of benzene rings is 2.